The van der Waals surface area contributed by atoms with E-state index >= 15 is 0 Å². The summed E-state index contributed by atoms with van der Waals surface area (Å²) in [6.45, 7) is 5.90. The summed E-state index contributed by atoms with van der Waals surface area (Å²) < 4.78 is 29.2. The highest BCUT2D eigenvalue weighted by Gasteiger charge is 2.40. The van der Waals surface area contributed by atoms with Crippen molar-refractivity contribution < 1.29 is 13.2 Å². The Labute approximate surface area is 157 Å². The lowest BCUT2D eigenvalue weighted by atomic mass is 10.2. The summed E-state index contributed by atoms with van der Waals surface area (Å²) in [4.78, 5) is 6.30. The van der Waals surface area contributed by atoms with Crippen molar-refractivity contribution in [2.45, 2.75) is 50.4 Å². The van der Waals surface area contributed by atoms with E-state index < -0.39 is 14.6 Å². The molecule has 8 heteroatoms. The molecule has 1 aliphatic carbocycles. The van der Waals surface area contributed by atoms with E-state index in [1.807, 2.05) is 4.90 Å². The molecule has 0 amide bonds. The highest BCUT2D eigenvalue weighted by atomic mass is 127. The van der Waals surface area contributed by atoms with Crippen LogP contribution in [-0.2, 0) is 14.6 Å². The normalized spacial score (nSPS) is 24.3. The third-order valence-electron chi connectivity index (χ3n) is 4.60. The number of nitrogens with zero attached hydrogens (tertiary/aromatic N) is 2. The zero-order valence-corrected chi connectivity index (χ0v) is 17.5. The number of guanidine groups is 1. The van der Waals surface area contributed by atoms with Crippen LogP contribution >= 0.6 is 24.0 Å². The van der Waals surface area contributed by atoms with E-state index in [1.165, 1.54) is 25.7 Å². The van der Waals surface area contributed by atoms with Crippen molar-refractivity contribution >= 4 is 39.8 Å². The van der Waals surface area contributed by atoms with Crippen molar-refractivity contribution in [3.63, 3.8) is 0 Å². The second kappa shape index (κ2) is 8.84. The molecule has 0 spiro atoms. The average molecular weight is 459 g/mol. The quantitative estimate of drug-likeness (QED) is 0.300. The molecular weight excluding hydrogens is 429 g/mol. The van der Waals surface area contributed by atoms with Gasteiger partial charge in [0.1, 0.15) is 0 Å². The molecule has 1 saturated heterocycles. The van der Waals surface area contributed by atoms with E-state index in [1.54, 1.807) is 20.9 Å². The lowest BCUT2D eigenvalue weighted by Crippen LogP contribution is -2.57. The monoisotopic (exact) mass is 459 g/mol. The van der Waals surface area contributed by atoms with E-state index in [0.29, 0.717) is 32.3 Å². The van der Waals surface area contributed by atoms with Crippen LogP contribution in [0.25, 0.3) is 0 Å². The summed E-state index contributed by atoms with van der Waals surface area (Å²) in [7, 11) is -1.29. The number of aliphatic imine (C=N–C) groups is 1. The first kappa shape index (κ1) is 21.0. The van der Waals surface area contributed by atoms with E-state index in [0.717, 1.165) is 5.96 Å². The lowest BCUT2D eigenvalue weighted by molar-refractivity contribution is 0.0619. The van der Waals surface area contributed by atoms with Crippen LogP contribution in [0.1, 0.15) is 39.5 Å². The Morgan fingerprint density at radius 3 is 2.57 bits per heavy atom. The van der Waals surface area contributed by atoms with Gasteiger partial charge in [-0.2, -0.15) is 0 Å². The summed E-state index contributed by atoms with van der Waals surface area (Å²) in [5, 5.41) is 3.28. The number of ether oxygens (including phenoxy) is 1. The minimum absolute atomic E-state index is 0. The van der Waals surface area contributed by atoms with Crippen molar-refractivity contribution in [1.82, 2.24) is 10.2 Å². The van der Waals surface area contributed by atoms with Crippen LogP contribution in [0.15, 0.2) is 4.99 Å². The predicted molar refractivity (Wildman–Crippen MR) is 104 cm³/mol. The van der Waals surface area contributed by atoms with Gasteiger partial charge in [0.25, 0.3) is 0 Å². The molecule has 0 aromatic carbocycles. The van der Waals surface area contributed by atoms with Crippen molar-refractivity contribution in [3.8, 4) is 0 Å². The van der Waals surface area contributed by atoms with Gasteiger partial charge in [0.15, 0.2) is 15.8 Å². The van der Waals surface area contributed by atoms with E-state index in [4.69, 9.17) is 4.74 Å². The number of hydrogen-bond donors (Lipinski definition) is 1. The van der Waals surface area contributed by atoms with Gasteiger partial charge in [-0.3, -0.25) is 4.99 Å². The summed E-state index contributed by atoms with van der Waals surface area (Å²) in [6, 6.07) is 0. The SMILES string of the molecule is CN=C(NCCOC1CCCC1)N1CCS(=O)(=O)C(C)(C)C1.I. The molecular formula is C15H30IN3O3S. The standard InChI is InChI=1S/C15H29N3O3S.HI/c1-15(2)12-18(9-11-22(15,19)20)14(16-3)17-8-10-21-13-6-4-5-7-13;/h13H,4-12H2,1-3H3,(H,16,17);1H. The molecule has 23 heavy (non-hydrogen) atoms. The first-order chi connectivity index (χ1) is 10.4. The van der Waals surface area contributed by atoms with Crippen LogP contribution in [0.5, 0.6) is 0 Å². The number of nitrogens with one attached hydrogen (secondary N) is 1. The van der Waals surface area contributed by atoms with Gasteiger partial charge in [0.2, 0.25) is 0 Å². The molecule has 0 atom stereocenters. The van der Waals surface area contributed by atoms with Gasteiger partial charge in [-0.05, 0) is 26.7 Å². The molecule has 0 unspecified atom stereocenters. The summed E-state index contributed by atoms with van der Waals surface area (Å²) in [6.07, 6.45) is 5.32. The van der Waals surface area contributed by atoms with Gasteiger partial charge in [0, 0.05) is 26.7 Å². The highest BCUT2D eigenvalue weighted by Crippen LogP contribution is 2.23. The molecule has 1 N–H and O–H groups in total. The number of hydrogen-bond acceptors (Lipinski definition) is 4. The lowest BCUT2D eigenvalue weighted by Gasteiger charge is -2.39. The Balaban J connectivity index is 0.00000264. The minimum atomic E-state index is -3.02. The van der Waals surface area contributed by atoms with Crippen LogP contribution in [0.2, 0.25) is 0 Å². The van der Waals surface area contributed by atoms with Crippen molar-refractivity contribution in [1.29, 1.82) is 0 Å². The van der Waals surface area contributed by atoms with Crippen molar-refractivity contribution in [3.05, 3.63) is 0 Å². The zero-order valence-electron chi connectivity index (χ0n) is 14.4. The molecule has 2 fully saturated rings. The fourth-order valence-corrected chi connectivity index (χ4v) is 4.47. The van der Waals surface area contributed by atoms with Crippen LogP contribution < -0.4 is 5.32 Å². The molecule has 1 aliphatic heterocycles. The molecule has 1 heterocycles. The van der Waals surface area contributed by atoms with Crippen molar-refractivity contribution in [2.24, 2.45) is 4.99 Å². The highest BCUT2D eigenvalue weighted by molar-refractivity contribution is 14.0. The molecule has 136 valence electrons. The largest absolute Gasteiger partial charge is 0.376 e. The maximum atomic E-state index is 12.1. The molecule has 0 radical (unpaired) electrons. The predicted octanol–water partition coefficient (Wildman–Crippen LogP) is 1.65. The smallest absolute Gasteiger partial charge is 0.193 e. The molecule has 0 bridgehead atoms. The molecule has 6 nitrogen and oxygen atoms in total. The topological polar surface area (TPSA) is 71.0 Å². The summed E-state index contributed by atoms with van der Waals surface area (Å²) in [5.41, 5.74) is 0. The Morgan fingerprint density at radius 2 is 2.00 bits per heavy atom. The Kier molecular flexibility index (Phi) is 8.06. The number of rotatable bonds is 4. The fraction of sp³-hybridized carbons (Fsp3) is 0.933. The summed E-state index contributed by atoms with van der Waals surface area (Å²) in [5.74, 6) is 0.942. The molecule has 0 aromatic heterocycles. The second-order valence-electron chi connectivity index (χ2n) is 6.75. The van der Waals surface area contributed by atoms with Gasteiger partial charge in [-0.25, -0.2) is 8.42 Å². The van der Waals surface area contributed by atoms with Crippen LogP contribution in [0, 0.1) is 0 Å². The third-order valence-corrected chi connectivity index (χ3v) is 7.13. The van der Waals surface area contributed by atoms with Crippen LogP contribution in [0.4, 0.5) is 0 Å². The van der Waals surface area contributed by atoms with Gasteiger partial charge in [-0.15, -0.1) is 24.0 Å². The van der Waals surface area contributed by atoms with Gasteiger partial charge < -0.3 is 15.0 Å². The third kappa shape index (κ3) is 5.45. The molecule has 1 saturated carbocycles. The number of sulfone groups is 1. The van der Waals surface area contributed by atoms with E-state index in [9.17, 15) is 8.42 Å². The maximum absolute atomic E-state index is 12.1. The van der Waals surface area contributed by atoms with Gasteiger partial charge in [0.05, 0.1) is 23.2 Å². The van der Waals surface area contributed by atoms with E-state index in [2.05, 4.69) is 10.3 Å². The first-order valence-electron chi connectivity index (χ1n) is 8.15. The minimum Gasteiger partial charge on any atom is -0.376 e. The second-order valence-corrected chi connectivity index (χ2v) is 9.49. The van der Waals surface area contributed by atoms with Crippen LogP contribution in [0.3, 0.4) is 0 Å². The molecule has 2 rings (SSSR count). The van der Waals surface area contributed by atoms with Gasteiger partial charge in [-0.1, -0.05) is 12.8 Å². The summed E-state index contributed by atoms with van der Waals surface area (Å²) >= 11 is 0. The van der Waals surface area contributed by atoms with Crippen molar-refractivity contribution in [2.75, 3.05) is 39.0 Å². The zero-order chi connectivity index (χ0) is 16.2. The Morgan fingerprint density at radius 1 is 1.35 bits per heavy atom. The molecule has 0 aromatic rings. The Hall–Kier alpha value is -0.0900. The molecule has 2 aliphatic rings. The first-order valence-corrected chi connectivity index (χ1v) is 9.80. The van der Waals surface area contributed by atoms with E-state index in [-0.39, 0.29) is 29.7 Å². The Bertz CT molecular complexity index is 502. The van der Waals surface area contributed by atoms with Crippen LogP contribution in [-0.4, -0.2) is 69.2 Å². The maximum Gasteiger partial charge on any atom is 0.193 e. The fourth-order valence-electron chi connectivity index (χ4n) is 3.10. The van der Waals surface area contributed by atoms with Gasteiger partial charge >= 0.3 is 0 Å². The number of halogens is 1. The average Bonchev–Trinajstić information content (AvgIpc) is 2.95.